The first-order valence-corrected chi connectivity index (χ1v) is 5.88. The topological polar surface area (TPSA) is 42.0 Å². The zero-order valence-electron chi connectivity index (χ0n) is 8.31. The Kier molecular flexibility index (Phi) is 3.54. The van der Waals surface area contributed by atoms with Gasteiger partial charge in [0.05, 0.1) is 10.9 Å². The highest BCUT2D eigenvalue weighted by atomic mass is 35.5. The highest BCUT2D eigenvalue weighted by Crippen LogP contribution is 2.20. The van der Waals surface area contributed by atoms with Gasteiger partial charge >= 0.3 is 0 Å². The summed E-state index contributed by atoms with van der Waals surface area (Å²) in [6.45, 7) is 0.479. The summed E-state index contributed by atoms with van der Waals surface area (Å²) in [6.07, 6.45) is 1.59. The number of nitrogens with zero attached hydrogens (tertiary/aromatic N) is 1. The number of nitrogens with one attached hydrogen (secondary N) is 1. The molecule has 0 atom stereocenters. The fourth-order valence-corrected chi connectivity index (χ4v) is 2.23. The first-order chi connectivity index (χ1) is 7.75. The Labute approximate surface area is 102 Å². The van der Waals surface area contributed by atoms with Crippen LogP contribution in [0.15, 0.2) is 36.5 Å². The highest BCUT2D eigenvalue weighted by molar-refractivity contribution is 7.16. The predicted molar refractivity (Wildman–Crippen MR) is 64.7 cm³/mol. The van der Waals surface area contributed by atoms with Crippen LogP contribution in [-0.4, -0.2) is 10.9 Å². The molecule has 3 nitrogen and oxygen atoms in total. The Morgan fingerprint density at radius 3 is 2.88 bits per heavy atom. The van der Waals surface area contributed by atoms with Crippen LogP contribution < -0.4 is 5.32 Å². The van der Waals surface area contributed by atoms with Gasteiger partial charge in [-0.1, -0.05) is 17.7 Å². The van der Waals surface area contributed by atoms with E-state index < -0.39 is 0 Å². The van der Waals surface area contributed by atoms with Crippen molar-refractivity contribution in [3.8, 4) is 0 Å². The normalized spacial score (nSPS) is 10.1. The molecule has 2 aromatic heterocycles. The minimum absolute atomic E-state index is 0.176. The van der Waals surface area contributed by atoms with E-state index in [0.717, 1.165) is 9.21 Å². The summed E-state index contributed by atoms with van der Waals surface area (Å²) in [6, 6.07) is 8.94. The molecule has 0 saturated heterocycles. The van der Waals surface area contributed by atoms with E-state index in [0.29, 0.717) is 12.2 Å². The molecule has 0 fully saturated rings. The summed E-state index contributed by atoms with van der Waals surface area (Å²) < 4.78 is 0.724. The molecule has 0 aromatic carbocycles. The molecule has 0 radical (unpaired) electrons. The lowest BCUT2D eigenvalue weighted by molar-refractivity contribution is 0.0946. The molecule has 0 unspecified atom stereocenters. The lowest BCUT2D eigenvalue weighted by Gasteiger charge is -2.01. The van der Waals surface area contributed by atoms with Gasteiger partial charge in [0.25, 0.3) is 5.91 Å². The number of rotatable bonds is 3. The van der Waals surface area contributed by atoms with Gasteiger partial charge in [-0.05, 0) is 24.3 Å². The number of hydrogen-bond acceptors (Lipinski definition) is 3. The van der Waals surface area contributed by atoms with E-state index in [1.54, 1.807) is 24.4 Å². The van der Waals surface area contributed by atoms with Gasteiger partial charge in [-0.2, -0.15) is 0 Å². The van der Waals surface area contributed by atoms with Crippen molar-refractivity contribution in [1.82, 2.24) is 10.3 Å². The van der Waals surface area contributed by atoms with Gasteiger partial charge < -0.3 is 5.32 Å². The van der Waals surface area contributed by atoms with Crippen molar-refractivity contribution in [2.45, 2.75) is 6.54 Å². The molecule has 2 heterocycles. The number of carbonyl (C=O) groups excluding carboxylic acids is 1. The molecule has 0 bridgehead atoms. The monoisotopic (exact) mass is 252 g/mol. The molecule has 2 rings (SSSR count). The van der Waals surface area contributed by atoms with Crippen LogP contribution in [0.25, 0.3) is 0 Å². The molecule has 82 valence electrons. The maximum atomic E-state index is 11.6. The number of aromatic nitrogens is 1. The van der Waals surface area contributed by atoms with Gasteiger partial charge in [0.15, 0.2) is 0 Å². The second-order valence-corrected chi connectivity index (χ2v) is 4.90. The molecular weight excluding hydrogens is 244 g/mol. The van der Waals surface area contributed by atoms with Crippen molar-refractivity contribution in [2.24, 2.45) is 0 Å². The van der Waals surface area contributed by atoms with Crippen LogP contribution in [0.2, 0.25) is 4.34 Å². The van der Waals surface area contributed by atoms with Gasteiger partial charge in [0.2, 0.25) is 0 Å². The van der Waals surface area contributed by atoms with Gasteiger partial charge in [-0.3, -0.25) is 9.78 Å². The molecular formula is C11H9ClN2OS. The van der Waals surface area contributed by atoms with E-state index in [2.05, 4.69) is 10.3 Å². The van der Waals surface area contributed by atoms with Crippen molar-refractivity contribution < 1.29 is 4.79 Å². The molecule has 1 amide bonds. The van der Waals surface area contributed by atoms with Crippen LogP contribution in [0, 0.1) is 0 Å². The Morgan fingerprint density at radius 1 is 1.38 bits per heavy atom. The number of halogens is 1. The van der Waals surface area contributed by atoms with Crippen LogP contribution in [0.3, 0.4) is 0 Å². The van der Waals surface area contributed by atoms with Crippen molar-refractivity contribution in [2.75, 3.05) is 0 Å². The van der Waals surface area contributed by atoms with Crippen LogP contribution in [-0.2, 0) is 6.54 Å². The van der Waals surface area contributed by atoms with E-state index in [1.165, 1.54) is 11.3 Å². The minimum Gasteiger partial charge on any atom is -0.346 e. The maximum Gasteiger partial charge on any atom is 0.270 e. The molecule has 2 aromatic rings. The van der Waals surface area contributed by atoms with E-state index in [9.17, 15) is 4.79 Å². The van der Waals surface area contributed by atoms with E-state index in [4.69, 9.17) is 11.6 Å². The van der Waals surface area contributed by atoms with Crippen molar-refractivity contribution in [3.05, 3.63) is 51.4 Å². The van der Waals surface area contributed by atoms with E-state index >= 15 is 0 Å². The molecule has 0 aliphatic carbocycles. The smallest absolute Gasteiger partial charge is 0.270 e. The lowest BCUT2D eigenvalue weighted by Crippen LogP contribution is -2.23. The fraction of sp³-hybridized carbons (Fsp3) is 0.0909. The zero-order chi connectivity index (χ0) is 11.4. The molecule has 16 heavy (non-hydrogen) atoms. The van der Waals surface area contributed by atoms with E-state index in [-0.39, 0.29) is 5.91 Å². The van der Waals surface area contributed by atoms with Gasteiger partial charge in [-0.15, -0.1) is 11.3 Å². The van der Waals surface area contributed by atoms with Crippen LogP contribution in [0.5, 0.6) is 0 Å². The third-order valence-corrected chi connectivity index (χ3v) is 3.18. The van der Waals surface area contributed by atoms with Crippen LogP contribution in [0.4, 0.5) is 0 Å². The quantitative estimate of drug-likeness (QED) is 0.913. The number of thiophene rings is 1. The lowest BCUT2D eigenvalue weighted by atomic mass is 10.3. The summed E-state index contributed by atoms with van der Waals surface area (Å²) in [5, 5.41) is 2.78. The summed E-state index contributed by atoms with van der Waals surface area (Å²) in [5.41, 5.74) is 0.421. The first-order valence-electron chi connectivity index (χ1n) is 4.69. The maximum absolute atomic E-state index is 11.6. The number of carbonyl (C=O) groups is 1. The van der Waals surface area contributed by atoms with Crippen molar-refractivity contribution >= 4 is 28.8 Å². The van der Waals surface area contributed by atoms with Crippen molar-refractivity contribution in [1.29, 1.82) is 0 Å². The Morgan fingerprint density at radius 2 is 2.25 bits per heavy atom. The Balaban J connectivity index is 1.94. The van der Waals surface area contributed by atoms with Crippen molar-refractivity contribution in [3.63, 3.8) is 0 Å². The molecule has 0 spiro atoms. The Bertz CT molecular complexity index is 484. The standard InChI is InChI=1S/C11H9ClN2OS/c12-10-5-4-8(16-10)7-14-11(15)9-3-1-2-6-13-9/h1-6H,7H2,(H,14,15). The van der Waals surface area contributed by atoms with E-state index in [1.807, 2.05) is 12.1 Å². The number of amides is 1. The molecule has 1 N–H and O–H groups in total. The summed E-state index contributed by atoms with van der Waals surface area (Å²) in [7, 11) is 0. The Hall–Kier alpha value is -1.39. The average molecular weight is 253 g/mol. The van der Waals surface area contributed by atoms with Crippen LogP contribution >= 0.6 is 22.9 Å². The number of hydrogen-bond donors (Lipinski definition) is 1. The summed E-state index contributed by atoms with van der Waals surface area (Å²) in [5.74, 6) is -0.176. The van der Waals surface area contributed by atoms with Gasteiger partial charge in [0.1, 0.15) is 5.69 Å². The highest BCUT2D eigenvalue weighted by Gasteiger charge is 2.06. The second-order valence-electron chi connectivity index (χ2n) is 3.10. The fourth-order valence-electron chi connectivity index (χ4n) is 1.20. The van der Waals surface area contributed by atoms with Gasteiger partial charge in [0, 0.05) is 11.1 Å². The summed E-state index contributed by atoms with van der Waals surface area (Å²) in [4.78, 5) is 16.6. The molecule has 0 saturated carbocycles. The molecule has 0 aliphatic rings. The SMILES string of the molecule is O=C(NCc1ccc(Cl)s1)c1ccccn1. The summed E-state index contributed by atoms with van der Waals surface area (Å²) >= 11 is 7.24. The molecule has 0 aliphatic heterocycles. The minimum atomic E-state index is -0.176. The largest absolute Gasteiger partial charge is 0.346 e. The molecule has 5 heteroatoms. The third kappa shape index (κ3) is 2.81. The predicted octanol–water partition coefficient (Wildman–Crippen LogP) is 2.73. The first kappa shape index (κ1) is 11.1. The average Bonchev–Trinajstić information content (AvgIpc) is 2.73. The van der Waals surface area contributed by atoms with Gasteiger partial charge in [-0.25, -0.2) is 0 Å². The third-order valence-electron chi connectivity index (χ3n) is 1.95. The zero-order valence-corrected chi connectivity index (χ0v) is 9.89. The second kappa shape index (κ2) is 5.09. The van der Waals surface area contributed by atoms with Crippen LogP contribution in [0.1, 0.15) is 15.4 Å². The number of pyridine rings is 1.